The van der Waals surface area contributed by atoms with E-state index in [1.54, 1.807) is 6.92 Å². The van der Waals surface area contributed by atoms with Gasteiger partial charge in [0.25, 0.3) is 0 Å². The van der Waals surface area contributed by atoms with Crippen molar-refractivity contribution in [3.63, 3.8) is 0 Å². The van der Waals surface area contributed by atoms with Gasteiger partial charge in [-0.05, 0) is 18.9 Å². The Labute approximate surface area is 173 Å². The van der Waals surface area contributed by atoms with Gasteiger partial charge in [-0.2, -0.15) is 0 Å². The van der Waals surface area contributed by atoms with Crippen LogP contribution in [-0.2, 0) is 27.3 Å². The van der Waals surface area contributed by atoms with Crippen molar-refractivity contribution >= 4 is 35.0 Å². The number of aromatic nitrogens is 1. The maximum atomic E-state index is 12.3. The standard InChI is InChI=1S/C20H25N3O3S2/c1-2-26-19(25)10-17-13-27-20(22-17)28-14-18(24)21-16-8-9-23(12-16)11-15-6-4-3-5-7-15/h3-7,13,16H,2,8-12,14H2,1H3,(H,21,24). The van der Waals surface area contributed by atoms with Crippen molar-refractivity contribution in [1.29, 1.82) is 0 Å². The molecule has 0 saturated carbocycles. The SMILES string of the molecule is CCOC(=O)Cc1csc(SCC(=O)NC2CCN(Cc3ccccc3)C2)n1. The minimum Gasteiger partial charge on any atom is -0.466 e. The van der Waals surface area contributed by atoms with Crippen LogP contribution in [0.4, 0.5) is 0 Å². The van der Waals surface area contributed by atoms with Crippen LogP contribution in [0.15, 0.2) is 40.1 Å². The second-order valence-electron chi connectivity index (χ2n) is 6.65. The van der Waals surface area contributed by atoms with Gasteiger partial charge >= 0.3 is 5.97 Å². The third-order valence-electron chi connectivity index (χ3n) is 4.37. The Morgan fingerprint density at radius 1 is 1.36 bits per heavy atom. The third kappa shape index (κ3) is 6.61. The average Bonchev–Trinajstić information content (AvgIpc) is 3.30. The summed E-state index contributed by atoms with van der Waals surface area (Å²) < 4.78 is 5.72. The van der Waals surface area contributed by atoms with Gasteiger partial charge in [0.15, 0.2) is 4.34 Å². The highest BCUT2D eigenvalue weighted by Crippen LogP contribution is 2.23. The summed E-state index contributed by atoms with van der Waals surface area (Å²) in [6, 6.07) is 10.6. The molecule has 150 valence electrons. The first-order chi connectivity index (χ1) is 13.6. The molecule has 1 aliphatic rings. The Kier molecular flexibility index (Phi) is 7.88. The fourth-order valence-corrected chi connectivity index (χ4v) is 4.78. The van der Waals surface area contributed by atoms with Crippen LogP contribution < -0.4 is 5.32 Å². The van der Waals surface area contributed by atoms with E-state index in [1.807, 2.05) is 11.4 Å². The molecular weight excluding hydrogens is 394 g/mol. The molecule has 2 aromatic rings. The molecule has 1 fully saturated rings. The number of carbonyl (C=O) groups is 2. The molecular formula is C20H25N3O3S2. The molecule has 1 amide bonds. The van der Waals surface area contributed by atoms with Crippen LogP contribution in [0.5, 0.6) is 0 Å². The number of benzene rings is 1. The molecule has 8 heteroatoms. The molecule has 0 bridgehead atoms. The van der Waals surface area contributed by atoms with E-state index in [0.717, 1.165) is 30.4 Å². The molecule has 1 N–H and O–H groups in total. The van der Waals surface area contributed by atoms with E-state index in [1.165, 1.54) is 28.7 Å². The van der Waals surface area contributed by atoms with Crippen LogP contribution in [0.25, 0.3) is 0 Å². The van der Waals surface area contributed by atoms with E-state index < -0.39 is 0 Å². The molecule has 1 unspecified atom stereocenters. The van der Waals surface area contributed by atoms with Crippen LogP contribution in [0.2, 0.25) is 0 Å². The summed E-state index contributed by atoms with van der Waals surface area (Å²) in [5.74, 6) is 0.0868. The third-order valence-corrected chi connectivity index (χ3v) is 6.44. The summed E-state index contributed by atoms with van der Waals surface area (Å²) in [5.41, 5.74) is 1.99. The lowest BCUT2D eigenvalue weighted by atomic mass is 10.2. The first-order valence-corrected chi connectivity index (χ1v) is 11.3. The number of likely N-dealkylation sites (tertiary alicyclic amines) is 1. The second kappa shape index (κ2) is 10.6. The molecule has 3 rings (SSSR count). The van der Waals surface area contributed by atoms with E-state index in [9.17, 15) is 9.59 Å². The van der Waals surface area contributed by atoms with Gasteiger partial charge in [0, 0.05) is 31.1 Å². The number of esters is 1. The van der Waals surface area contributed by atoms with Crippen LogP contribution in [0.3, 0.4) is 0 Å². The van der Waals surface area contributed by atoms with Gasteiger partial charge < -0.3 is 10.1 Å². The van der Waals surface area contributed by atoms with E-state index in [-0.39, 0.29) is 24.3 Å². The Morgan fingerprint density at radius 3 is 2.96 bits per heavy atom. The van der Waals surface area contributed by atoms with Crippen molar-refractivity contribution in [2.24, 2.45) is 0 Å². The summed E-state index contributed by atoms with van der Waals surface area (Å²) >= 11 is 2.86. The predicted octanol–water partition coefficient (Wildman–Crippen LogP) is 2.73. The summed E-state index contributed by atoms with van der Waals surface area (Å²) in [4.78, 5) is 30.5. The number of thiazole rings is 1. The number of nitrogens with one attached hydrogen (secondary N) is 1. The van der Waals surface area contributed by atoms with Crippen LogP contribution in [0.1, 0.15) is 24.6 Å². The lowest BCUT2D eigenvalue weighted by Crippen LogP contribution is -2.37. The molecule has 28 heavy (non-hydrogen) atoms. The van der Waals surface area contributed by atoms with Gasteiger partial charge in [0.1, 0.15) is 0 Å². The minimum absolute atomic E-state index is 0.0266. The van der Waals surface area contributed by atoms with E-state index in [2.05, 4.69) is 39.5 Å². The smallest absolute Gasteiger partial charge is 0.311 e. The number of carbonyl (C=O) groups excluding carboxylic acids is 2. The maximum Gasteiger partial charge on any atom is 0.311 e. The van der Waals surface area contributed by atoms with Crippen LogP contribution in [0, 0.1) is 0 Å². The molecule has 0 spiro atoms. The first-order valence-electron chi connectivity index (χ1n) is 9.41. The van der Waals surface area contributed by atoms with Crippen molar-refractivity contribution in [3.8, 4) is 0 Å². The lowest BCUT2D eigenvalue weighted by Gasteiger charge is -2.16. The summed E-state index contributed by atoms with van der Waals surface area (Å²) in [7, 11) is 0. The van der Waals surface area contributed by atoms with Crippen molar-refractivity contribution in [2.45, 2.75) is 36.7 Å². The summed E-state index contributed by atoms with van der Waals surface area (Å²) in [6.45, 7) is 4.95. The molecule has 1 aromatic heterocycles. The Morgan fingerprint density at radius 2 is 2.18 bits per heavy atom. The molecule has 1 aromatic carbocycles. The average molecular weight is 420 g/mol. The molecule has 2 heterocycles. The number of nitrogens with zero attached hydrogens (tertiary/aromatic N) is 2. The van der Waals surface area contributed by atoms with Gasteiger partial charge in [-0.1, -0.05) is 42.1 Å². The minimum atomic E-state index is -0.275. The van der Waals surface area contributed by atoms with Gasteiger partial charge in [-0.15, -0.1) is 11.3 Å². The van der Waals surface area contributed by atoms with Crippen molar-refractivity contribution in [1.82, 2.24) is 15.2 Å². The van der Waals surface area contributed by atoms with Crippen molar-refractivity contribution < 1.29 is 14.3 Å². The Hall–Kier alpha value is -1.90. The van der Waals surface area contributed by atoms with E-state index in [0.29, 0.717) is 18.1 Å². The molecule has 1 atom stereocenters. The zero-order valence-electron chi connectivity index (χ0n) is 15.9. The predicted molar refractivity (Wildman–Crippen MR) is 111 cm³/mol. The van der Waals surface area contributed by atoms with Crippen LogP contribution >= 0.6 is 23.1 Å². The molecule has 1 saturated heterocycles. The van der Waals surface area contributed by atoms with E-state index >= 15 is 0 Å². The molecule has 0 aliphatic carbocycles. The number of rotatable bonds is 9. The quantitative estimate of drug-likeness (QED) is 0.498. The maximum absolute atomic E-state index is 12.3. The van der Waals surface area contributed by atoms with E-state index in [4.69, 9.17) is 4.74 Å². The highest BCUT2D eigenvalue weighted by atomic mass is 32.2. The molecule has 1 aliphatic heterocycles. The summed E-state index contributed by atoms with van der Waals surface area (Å²) in [5, 5.41) is 4.96. The monoisotopic (exact) mass is 419 g/mol. The summed E-state index contributed by atoms with van der Waals surface area (Å²) in [6.07, 6.45) is 1.15. The Bertz CT molecular complexity index is 782. The topological polar surface area (TPSA) is 71.5 Å². The molecule has 0 radical (unpaired) electrons. The van der Waals surface area contributed by atoms with Gasteiger partial charge in [-0.25, -0.2) is 4.98 Å². The number of hydrogen-bond donors (Lipinski definition) is 1. The second-order valence-corrected chi connectivity index (χ2v) is 8.73. The zero-order chi connectivity index (χ0) is 19.8. The van der Waals surface area contributed by atoms with Crippen molar-refractivity contribution in [2.75, 3.05) is 25.4 Å². The zero-order valence-corrected chi connectivity index (χ0v) is 17.6. The van der Waals surface area contributed by atoms with Gasteiger partial charge in [-0.3, -0.25) is 14.5 Å². The fraction of sp³-hybridized carbons (Fsp3) is 0.450. The highest BCUT2D eigenvalue weighted by molar-refractivity contribution is 8.01. The first kappa shape index (κ1) is 20.8. The van der Waals surface area contributed by atoms with Gasteiger partial charge in [0.2, 0.25) is 5.91 Å². The molecule has 6 nitrogen and oxygen atoms in total. The number of ether oxygens (including phenoxy) is 1. The number of hydrogen-bond acceptors (Lipinski definition) is 7. The highest BCUT2D eigenvalue weighted by Gasteiger charge is 2.23. The van der Waals surface area contributed by atoms with Crippen molar-refractivity contribution in [3.05, 3.63) is 47.0 Å². The number of thioether (sulfide) groups is 1. The normalized spacial score (nSPS) is 16.8. The Balaban J connectivity index is 1.37. The van der Waals surface area contributed by atoms with Crippen LogP contribution in [-0.4, -0.2) is 53.3 Å². The fourth-order valence-electron chi connectivity index (χ4n) is 3.13. The number of amides is 1. The van der Waals surface area contributed by atoms with Gasteiger partial charge in [0.05, 0.1) is 24.5 Å². The lowest BCUT2D eigenvalue weighted by molar-refractivity contribution is -0.142. The largest absolute Gasteiger partial charge is 0.466 e.